The molecule has 0 bridgehead atoms. The average molecular weight is 291 g/mol. The Morgan fingerprint density at radius 1 is 1.24 bits per heavy atom. The number of hydrogen-bond acceptors (Lipinski definition) is 5. The number of nitrogen functional groups attached to an aromatic ring is 1. The molecule has 3 rings (SSSR count). The van der Waals surface area contributed by atoms with E-state index < -0.39 is 0 Å². The van der Waals surface area contributed by atoms with Gasteiger partial charge in [-0.05, 0) is 18.9 Å². The van der Waals surface area contributed by atoms with Crippen LogP contribution in [0.25, 0.3) is 0 Å². The van der Waals surface area contributed by atoms with E-state index in [2.05, 4.69) is 10.6 Å². The number of benzene rings is 1. The maximum Gasteiger partial charge on any atom is 0.253 e. The lowest BCUT2D eigenvalue weighted by molar-refractivity contribution is -0.121. The number of nitrogens with one attached hydrogen (secondary N) is 2. The third kappa shape index (κ3) is 3.18. The van der Waals surface area contributed by atoms with Gasteiger partial charge in [-0.15, -0.1) is 0 Å². The van der Waals surface area contributed by atoms with Gasteiger partial charge in [-0.3, -0.25) is 9.59 Å². The number of rotatable bonds is 5. The summed E-state index contributed by atoms with van der Waals surface area (Å²) in [5.41, 5.74) is 6.46. The quantitative estimate of drug-likeness (QED) is 0.681. The summed E-state index contributed by atoms with van der Waals surface area (Å²) in [5.74, 6) is 0.662. The van der Waals surface area contributed by atoms with Crippen molar-refractivity contribution in [2.24, 2.45) is 0 Å². The van der Waals surface area contributed by atoms with Gasteiger partial charge in [0.15, 0.2) is 11.5 Å². The molecule has 1 aromatic rings. The number of carbonyl (C=O) groups is 2. The van der Waals surface area contributed by atoms with Crippen molar-refractivity contribution in [2.45, 2.75) is 25.3 Å². The minimum Gasteiger partial charge on any atom is -0.454 e. The molecule has 1 aromatic carbocycles. The summed E-state index contributed by atoms with van der Waals surface area (Å²) >= 11 is 0. The Morgan fingerprint density at radius 3 is 2.67 bits per heavy atom. The Bertz CT molecular complexity index is 584. The second-order valence-electron chi connectivity index (χ2n) is 5.14. The molecule has 112 valence electrons. The van der Waals surface area contributed by atoms with Crippen molar-refractivity contribution in [1.29, 1.82) is 0 Å². The lowest BCUT2D eigenvalue weighted by Gasteiger charge is -2.09. The molecule has 1 heterocycles. The number of anilines is 1. The Morgan fingerprint density at radius 2 is 1.95 bits per heavy atom. The van der Waals surface area contributed by atoms with Crippen LogP contribution in [0.3, 0.4) is 0 Å². The van der Waals surface area contributed by atoms with Crippen molar-refractivity contribution < 1.29 is 19.1 Å². The van der Waals surface area contributed by atoms with Crippen molar-refractivity contribution in [3.63, 3.8) is 0 Å². The molecule has 1 saturated carbocycles. The van der Waals surface area contributed by atoms with Crippen LogP contribution in [0.2, 0.25) is 0 Å². The molecule has 0 saturated heterocycles. The summed E-state index contributed by atoms with van der Waals surface area (Å²) in [4.78, 5) is 23.6. The lowest BCUT2D eigenvalue weighted by atomic mass is 10.1. The van der Waals surface area contributed by atoms with Crippen molar-refractivity contribution in [1.82, 2.24) is 10.6 Å². The summed E-state index contributed by atoms with van der Waals surface area (Å²) in [5, 5.41) is 5.54. The van der Waals surface area contributed by atoms with Gasteiger partial charge in [0.2, 0.25) is 12.7 Å². The van der Waals surface area contributed by atoms with Gasteiger partial charge in [0, 0.05) is 30.8 Å². The summed E-state index contributed by atoms with van der Waals surface area (Å²) in [6, 6.07) is 3.45. The van der Waals surface area contributed by atoms with Crippen LogP contribution in [-0.2, 0) is 4.79 Å². The molecular weight excluding hydrogens is 274 g/mol. The van der Waals surface area contributed by atoms with Crippen molar-refractivity contribution in [3.05, 3.63) is 17.7 Å². The van der Waals surface area contributed by atoms with Crippen molar-refractivity contribution in [3.8, 4) is 11.5 Å². The largest absolute Gasteiger partial charge is 0.454 e. The fraction of sp³-hybridized carbons (Fsp3) is 0.429. The highest BCUT2D eigenvalue weighted by Crippen LogP contribution is 2.35. The molecule has 0 atom stereocenters. The molecule has 0 aromatic heterocycles. The third-order valence-electron chi connectivity index (χ3n) is 3.37. The number of nitrogens with two attached hydrogens (primary N) is 1. The zero-order valence-electron chi connectivity index (χ0n) is 11.5. The summed E-state index contributed by atoms with van der Waals surface area (Å²) in [6.45, 7) is 0.395. The molecule has 7 nitrogen and oxygen atoms in total. The van der Waals surface area contributed by atoms with E-state index in [9.17, 15) is 9.59 Å². The Kier molecular flexibility index (Phi) is 3.55. The first-order chi connectivity index (χ1) is 10.1. The molecule has 2 aliphatic rings. The van der Waals surface area contributed by atoms with E-state index in [1.54, 1.807) is 12.1 Å². The van der Waals surface area contributed by atoms with Crippen LogP contribution in [0.5, 0.6) is 11.5 Å². The van der Waals surface area contributed by atoms with Gasteiger partial charge in [0.1, 0.15) is 0 Å². The van der Waals surface area contributed by atoms with Crippen LogP contribution < -0.4 is 25.8 Å². The number of amides is 2. The smallest absolute Gasteiger partial charge is 0.253 e. The molecule has 2 amide bonds. The normalized spacial score (nSPS) is 15.6. The molecule has 21 heavy (non-hydrogen) atoms. The first kappa shape index (κ1) is 13.5. The predicted octanol–water partition coefficient (Wildman–Crippen LogP) is 0.396. The number of carbonyl (C=O) groups excluding carboxylic acids is 2. The van der Waals surface area contributed by atoms with E-state index >= 15 is 0 Å². The topological polar surface area (TPSA) is 103 Å². The number of fused-ring (bicyclic) bond motifs is 1. The molecule has 0 radical (unpaired) electrons. The molecule has 1 aliphatic heterocycles. The van der Waals surface area contributed by atoms with Gasteiger partial charge in [0.25, 0.3) is 5.91 Å². The maximum absolute atomic E-state index is 12.1. The van der Waals surface area contributed by atoms with Crippen LogP contribution in [-0.4, -0.2) is 31.2 Å². The molecule has 7 heteroatoms. The van der Waals surface area contributed by atoms with Gasteiger partial charge in [-0.25, -0.2) is 0 Å². The second-order valence-corrected chi connectivity index (χ2v) is 5.14. The van der Waals surface area contributed by atoms with E-state index in [1.165, 1.54) is 0 Å². The van der Waals surface area contributed by atoms with Crippen molar-refractivity contribution in [2.75, 3.05) is 19.1 Å². The summed E-state index contributed by atoms with van der Waals surface area (Å²) in [6.07, 6.45) is 2.35. The molecular formula is C14H17N3O4. The van der Waals surface area contributed by atoms with Gasteiger partial charge < -0.3 is 25.8 Å². The molecule has 4 N–H and O–H groups in total. The zero-order chi connectivity index (χ0) is 14.8. The highest BCUT2D eigenvalue weighted by molar-refractivity contribution is 6.00. The predicted molar refractivity (Wildman–Crippen MR) is 75.1 cm³/mol. The monoisotopic (exact) mass is 291 g/mol. The Labute approximate surface area is 121 Å². The fourth-order valence-corrected chi connectivity index (χ4v) is 2.07. The van der Waals surface area contributed by atoms with E-state index in [0.29, 0.717) is 28.8 Å². The number of ether oxygens (including phenoxy) is 2. The standard InChI is InChI=1S/C14H17N3O4/c15-10-6-12-11(20-7-21-12)5-9(10)14(19)16-4-3-13(18)17-8-1-2-8/h5-6,8H,1-4,7,15H2,(H,16,19)(H,17,18). The highest BCUT2D eigenvalue weighted by Gasteiger charge is 2.23. The van der Waals surface area contributed by atoms with E-state index in [-0.39, 0.29) is 31.6 Å². The molecule has 0 unspecified atom stereocenters. The maximum atomic E-state index is 12.1. The van der Waals surface area contributed by atoms with Crippen LogP contribution in [0.1, 0.15) is 29.6 Å². The third-order valence-corrected chi connectivity index (χ3v) is 3.37. The van der Waals surface area contributed by atoms with E-state index in [0.717, 1.165) is 12.8 Å². The van der Waals surface area contributed by atoms with Gasteiger partial charge in [-0.2, -0.15) is 0 Å². The van der Waals surface area contributed by atoms with Crippen LogP contribution in [0, 0.1) is 0 Å². The van der Waals surface area contributed by atoms with Gasteiger partial charge in [0.05, 0.1) is 5.56 Å². The zero-order valence-corrected chi connectivity index (χ0v) is 11.5. The minimum absolute atomic E-state index is 0.0449. The second kappa shape index (κ2) is 5.51. The number of hydrogen-bond donors (Lipinski definition) is 3. The minimum atomic E-state index is -0.329. The van der Waals surface area contributed by atoms with Crippen LogP contribution in [0.15, 0.2) is 12.1 Å². The fourth-order valence-electron chi connectivity index (χ4n) is 2.07. The average Bonchev–Trinajstić information content (AvgIpc) is 3.13. The lowest BCUT2D eigenvalue weighted by Crippen LogP contribution is -2.31. The summed E-state index contributed by atoms with van der Waals surface area (Å²) in [7, 11) is 0. The van der Waals surface area contributed by atoms with Crippen molar-refractivity contribution >= 4 is 17.5 Å². The highest BCUT2D eigenvalue weighted by atomic mass is 16.7. The first-order valence-electron chi connectivity index (χ1n) is 6.90. The molecule has 1 aliphatic carbocycles. The van der Waals surface area contributed by atoms with Crippen LogP contribution >= 0.6 is 0 Å². The molecule has 1 fully saturated rings. The Hall–Kier alpha value is -2.44. The van der Waals surface area contributed by atoms with Crippen LogP contribution in [0.4, 0.5) is 5.69 Å². The first-order valence-corrected chi connectivity index (χ1v) is 6.90. The van der Waals surface area contributed by atoms with Gasteiger partial charge >= 0.3 is 0 Å². The van der Waals surface area contributed by atoms with E-state index in [1.807, 2.05) is 0 Å². The van der Waals surface area contributed by atoms with Gasteiger partial charge in [-0.1, -0.05) is 0 Å². The summed E-state index contributed by atoms with van der Waals surface area (Å²) < 4.78 is 10.4. The van der Waals surface area contributed by atoms with E-state index in [4.69, 9.17) is 15.2 Å². The Balaban J connectivity index is 1.54. The SMILES string of the molecule is Nc1cc2c(cc1C(=O)NCCC(=O)NC1CC1)OCO2. The molecule has 0 spiro atoms.